The van der Waals surface area contributed by atoms with Crippen LogP contribution >= 0.6 is 11.6 Å². The lowest BCUT2D eigenvalue weighted by atomic mass is 9.96. The van der Waals surface area contributed by atoms with Gasteiger partial charge in [0.25, 0.3) is 0 Å². The van der Waals surface area contributed by atoms with Crippen molar-refractivity contribution in [3.8, 4) is 12.3 Å². The summed E-state index contributed by atoms with van der Waals surface area (Å²) in [5.74, 6) is 2.19. The van der Waals surface area contributed by atoms with Gasteiger partial charge in [-0.3, -0.25) is 14.8 Å². The molecule has 1 aromatic carbocycles. The first-order valence-electron chi connectivity index (χ1n) is 13.8. The van der Waals surface area contributed by atoms with Gasteiger partial charge < -0.3 is 21.0 Å². The summed E-state index contributed by atoms with van der Waals surface area (Å²) in [6.45, 7) is 8.86. The van der Waals surface area contributed by atoms with E-state index < -0.39 is 17.5 Å². The summed E-state index contributed by atoms with van der Waals surface area (Å²) < 4.78 is 14.0. The Morgan fingerprint density at radius 1 is 1.31 bits per heavy atom. The summed E-state index contributed by atoms with van der Waals surface area (Å²) in [6, 6.07) is 6.30. The van der Waals surface area contributed by atoms with Gasteiger partial charge in [-0.2, -0.15) is 4.39 Å². The van der Waals surface area contributed by atoms with E-state index in [-0.39, 0.29) is 11.3 Å². The number of nitrogens with one attached hydrogen (secondary N) is 4. The van der Waals surface area contributed by atoms with Gasteiger partial charge in [-0.1, -0.05) is 44.4 Å². The molecule has 42 heavy (non-hydrogen) atoms. The van der Waals surface area contributed by atoms with Crippen LogP contribution < -0.4 is 21.6 Å². The Balaban J connectivity index is 1.57. The molecule has 220 valence electrons. The third-order valence-corrected chi connectivity index (χ3v) is 7.77. The van der Waals surface area contributed by atoms with Crippen molar-refractivity contribution < 1.29 is 9.18 Å². The number of aromatic nitrogens is 2. The van der Waals surface area contributed by atoms with E-state index in [0.29, 0.717) is 34.0 Å². The first kappa shape index (κ1) is 29.4. The number of aryl methyl sites for hydroxylation is 1. The van der Waals surface area contributed by atoms with Gasteiger partial charge in [0.05, 0.1) is 33.5 Å². The number of hydrogen-bond donors (Lipinski definition) is 4. The number of nitrogens with zero attached hydrogens (tertiary/aromatic N) is 4. The fourth-order valence-corrected chi connectivity index (χ4v) is 5.40. The molecule has 0 saturated heterocycles. The Kier molecular flexibility index (Phi) is 7.68. The quantitative estimate of drug-likeness (QED) is 0.212. The van der Waals surface area contributed by atoms with Crippen LogP contribution in [0.5, 0.6) is 0 Å². The molecule has 4 N–H and O–H groups in total. The van der Waals surface area contributed by atoms with Gasteiger partial charge in [0.15, 0.2) is 0 Å². The number of hydrazine groups is 2. The molecular weight excluding hydrogens is 555 g/mol. The molecule has 1 atom stereocenters. The van der Waals surface area contributed by atoms with E-state index in [1.165, 1.54) is 6.07 Å². The van der Waals surface area contributed by atoms with E-state index in [9.17, 15) is 9.18 Å². The van der Waals surface area contributed by atoms with Crippen LogP contribution in [0, 0.1) is 30.6 Å². The number of amides is 1. The van der Waals surface area contributed by atoms with E-state index in [4.69, 9.17) is 18.0 Å². The fraction of sp³-hybridized carbons (Fsp3) is 0.387. The molecule has 3 aromatic rings. The van der Waals surface area contributed by atoms with Gasteiger partial charge in [0, 0.05) is 55.4 Å². The lowest BCUT2D eigenvalue weighted by Gasteiger charge is -2.28. The smallest absolute Gasteiger partial charge is 0.249 e. The van der Waals surface area contributed by atoms with Gasteiger partial charge in [-0.25, -0.2) is 4.98 Å². The van der Waals surface area contributed by atoms with Gasteiger partial charge in [0.1, 0.15) is 5.54 Å². The summed E-state index contributed by atoms with van der Waals surface area (Å²) in [5, 5.41) is 10.1. The molecular formula is C31H36ClFN8O. The molecule has 0 radical (unpaired) electrons. The number of rotatable bonds is 8. The van der Waals surface area contributed by atoms with Crippen LogP contribution in [0.3, 0.4) is 0 Å². The van der Waals surface area contributed by atoms with Crippen molar-refractivity contribution in [2.45, 2.75) is 52.1 Å². The summed E-state index contributed by atoms with van der Waals surface area (Å²) in [7, 11) is 3.51. The fourth-order valence-electron chi connectivity index (χ4n) is 5.13. The van der Waals surface area contributed by atoms with Crippen LogP contribution in [0.4, 0.5) is 15.8 Å². The Hall–Kier alpha value is -4.07. The van der Waals surface area contributed by atoms with E-state index in [0.717, 1.165) is 35.2 Å². The van der Waals surface area contributed by atoms with Gasteiger partial charge in [-0.15, -0.1) is 12.0 Å². The third-order valence-electron chi connectivity index (χ3n) is 7.48. The standard InChI is InChI=1S/C31H36ClFN8O/c1-8-19-15-34-27-22(26(19)35-17-30(3,4)5)13-20(14-23(27)32)37-28(21-9-10-25(33)36-18(21)2)24-16-41(39-38-24)31(11-12-31)29(42)40(6)7/h1,9-10,13-16,28,37-39H,11-12,17H2,2-7H3,(H,34,35)/t28-/m0/s1. The topological polar surface area (TPSA) is 97.5 Å². The SMILES string of the molecule is C#Cc1cnc2c(Cl)cc(N[C@H](C3=CN(C4(C(=O)N(C)C)CC4)NN3)c3ccc(F)nc3C)cc2c1NCC(C)(C)C. The minimum absolute atomic E-state index is 0.00565. The number of hydrogen-bond acceptors (Lipinski definition) is 8. The summed E-state index contributed by atoms with van der Waals surface area (Å²) in [4.78, 5) is 23.2. The second-order valence-corrected chi connectivity index (χ2v) is 12.7. The van der Waals surface area contributed by atoms with Crippen molar-refractivity contribution in [3.63, 3.8) is 0 Å². The number of likely N-dealkylation sites (N-methyl/N-ethyl adjacent to an activating group) is 1. The zero-order valence-corrected chi connectivity index (χ0v) is 25.4. The molecule has 1 aliphatic heterocycles. The number of terminal acetylenes is 1. The number of fused-ring (bicyclic) bond motifs is 1. The molecule has 0 bridgehead atoms. The van der Waals surface area contributed by atoms with Crippen molar-refractivity contribution in [2.75, 3.05) is 31.3 Å². The Bertz CT molecular complexity index is 1620. The second kappa shape index (κ2) is 11.0. The van der Waals surface area contributed by atoms with Crippen LogP contribution in [0.25, 0.3) is 10.9 Å². The summed E-state index contributed by atoms with van der Waals surface area (Å²) in [6.07, 6.45) is 10.8. The maximum Gasteiger partial charge on any atom is 0.249 e. The van der Waals surface area contributed by atoms with Gasteiger partial charge in [0.2, 0.25) is 11.9 Å². The maximum absolute atomic E-state index is 14.0. The molecule has 1 saturated carbocycles. The molecule has 2 aromatic heterocycles. The number of anilines is 2. The highest BCUT2D eigenvalue weighted by atomic mass is 35.5. The van der Waals surface area contributed by atoms with E-state index in [1.807, 2.05) is 17.3 Å². The molecule has 9 nitrogen and oxygen atoms in total. The first-order chi connectivity index (χ1) is 19.8. The van der Waals surface area contributed by atoms with Crippen LogP contribution in [-0.4, -0.2) is 52.0 Å². The minimum atomic E-state index is -0.657. The third kappa shape index (κ3) is 5.67. The number of halogens is 2. The van der Waals surface area contributed by atoms with Crippen molar-refractivity contribution >= 4 is 39.8 Å². The van der Waals surface area contributed by atoms with Gasteiger partial charge >= 0.3 is 0 Å². The molecule has 0 spiro atoms. The summed E-state index contributed by atoms with van der Waals surface area (Å²) >= 11 is 6.78. The highest BCUT2D eigenvalue weighted by molar-refractivity contribution is 6.35. The van der Waals surface area contributed by atoms with Gasteiger partial charge in [-0.05, 0) is 43.4 Å². The number of benzene rings is 1. The Labute approximate surface area is 250 Å². The molecule has 2 aliphatic rings. The largest absolute Gasteiger partial charge is 0.383 e. The van der Waals surface area contributed by atoms with E-state index >= 15 is 0 Å². The molecule has 1 amide bonds. The Morgan fingerprint density at radius 2 is 2.05 bits per heavy atom. The maximum atomic E-state index is 14.0. The number of carbonyl (C=O) groups is 1. The monoisotopic (exact) mass is 590 g/mol. The second-order valence-electron chi connectivity index (χ2n) is 12.3. The van der Waals surface area contributed by atoms with Crippen molar-refractivity contribution in [3.05, 3.63) is 70.2 Å². The van der Waals surface area contributed by atoms with Crippen molar-refractivity contribution in [1.82, 2.24) is 30.8 Å². The highest BCUT2D eigenvalue weighted by Crippen LogP contribution is 2.44. The molecule has 3 heterocycles. The van der Waals surface area contributed by atoms with E-state index in [1.54, 1.807) is 44.2 Å². The lowest BCUT2D eigenvalue weighted by Crippen LogP contribution is -2.52. The molecule has 11 heteroatoms. The molecule has 5 rings (SSSR count). The van der Waals surface area contributed by atoms with Crippen LogP contribution in [0.2, 0.25) is 5.02 Å². The van der Waals surface area contributed by atoms with Crippen molar-refractivity contribution in [1.29, 1.82) is 0 Å². The van der Waals surface area contributed by atoms with E-state index in [2.05, 4.69) is 58.3 Å². The molecule has 1 aliphatic carbocycles. The minimum Gasteiger partial charge on any atom is -0.383 e. The highest BCUT2D eigenvalue weighted by Gasteiger charge is 2.56. The lowest BCUT2D eigenvalue weighted by molar-refractivity contribution is -0.136. The predicted octanol–water partition coefficient (Wildman–Crippen LogP) is 5.11. The van der Waals surface area contributed by atoms with Crippen molar-refractivity contribution in [2.24, 2.45) is 5.41 Å². The van der Waals surface area contributed by atoms with Crippen LogP contribution in [0.15, 0.2) is 42.4 Å². The normalized spacial score (nSPS) is 16.4. The summed E-state index contributed by atoms with van der Waals surface area (Å²) in [5.41, 5.74) is 10.5. The van der Waals surface area contributed by atoms with Crippen LogP contribution in [0.1, 0.15) is 56.5 Å². The zero-order valence-electron chi connectivity index (χ0n) is 24.7. The molecule has 0 unspecified atom stereocenters. The molecule has 1 fully saturated rings. The predicted molar refractivity (Wildman–Crippen MR) is 165 cm³/mol. The average Bonchev–Trinajstić information content (AvgIpc) is 3.58. The average molecular weight is 591 g/mol. The first-order valence-corrected chi connectivity index (χ1v) is 14.2. The van der Waals surface area contributed by atoms with Crippen LogP contribution in [-0.2, 0) is 4.79 Å². The zero-order chi connectivity index (χ0) is 30.4. The Morgan fingerprint density at radius 3 is 2.67 bits per heavy atom. The number of carbonyl (C=O) groups excluding carboxylic acids is 1. The number of pyridine rings is 2.